The van der Waals surface area contributed by atoms with Crippen molar-refractivity contribution in [3.05, 3.63) is 164 Å². The Hall–Kier alpha value is -5.90. The van der Waals surface area contributed by atoms with Crippen LogP contribution in [0.25, 0.3) is 74.8 Å². The Morgan fingerprint density at radius 1 is 0.404 bits per heavy atom. The Kier molecular flexibility index (Phi) is 5.78. The number of anilines is 3. The molecule has 0 saturated carbocycles. The van der Waals surface area contributed by atoms with Crippen molar-refractivity contribution < 1.29 is 4.42 Å². The van der Waals surface area contributed by atoms with Crippen LogP contribution in [0.3, 0.4) is 0 Å². The Balaban J connectivity index is 1.19. The van der Waals surface area contributed by atoms with Crippen LogP contribution in [0.4, 0.5) is 17.1 Å². The predicted octanol–water partition coefficient (Wildman–Crippen LogP) is 13.4. The quantitative estimate of drug-likeness (QED) is 0.195. The zero-order chi connectivity index (χ0) is 30.9. The van der Waals surface area contributed by atoms with Gasteiger partial charge < -0.3 is 9.32 Å². The van der Waals surface area contributed by atoms with E-state index in [1.807, 2.05) is 11.3 Å². The van der Waals surface area contributed by atoms with E-state index in [2.05, 4.69) is 169 Å². The van der Waals surface area contributed by atoms with Gasteiger partial charge >= 0.3 is 0 Å². The Morgan fingerprint density at radius 2 is 1.13 bits per heavy atom. The van der Waals surface area contributed by atoms with Gasteiger partial charge in [0.25, 0.3) is 0 Å². The van der Waals surface area contributed by atoms with Gasteiger partial charge in [-0.15, -0.1) is 11.3 Å². The summed E-state index contributed by atoms with van der Waals surface area (Å²) in [5.74, 6) is 0. The molecule has 8 aromatic carbocycles. The summed E-state index contributed by atoms with van der Waals surface area (Å²) >= 11 is 1.84. The van der Waals surface area contributed by atoms with Gasteiger partial charge in [-0.3, -0.25) is 0 Å². The summed E-state index contributed by atoms with van der Waals surface area (Å²) in [4.78, 5) is 2.37. The van der Waals surface area contributed by atoms with Crippen LogP contribution in [0, 0.1) is 0 Å². The minimum Gasteiger partial charge on any atom is -0.455 e. The monoisotopic (exact) mass is 617 g/mol. The molecule has 10 rings (SSSR count). The summed E-state index contributed by atoms with van der Waals surface area (Å²) in [6.07, 6.45) is 0. The molecule has 0 radical (unpaired) electrons. The van der Waals surface area contributed by atoms with Gasteiger partial charge in [-0.05, 0) is 94.0 Å². The lowest BCUT2D eigenvalue weighted by molar-refractivity contribution is 0.673. The third-order valence-electron chi connectivity index (χ3n) is 9.40. The molecule has 220 valence electrons. The van der Waals surface area contributed by atoms with E-state index >= 15 is 0 Å². The lowest BCUT2D eigenvalue weighted by Crippen LogP contribution is -2.09. The SMILES string of the molecule is c1ccc(N(c2cccc(-c3ccc4ccccc4c3)c2)c2ccc3sc4ccc5oc6c7ccccc7ccc6c5c4c3c2)cc1. The highest BCUT2D eigenvalue weighted by Gasteiger charge is 2.19. The second-order valence-electron chi connectivity index (χ2n) is 12.1. The molecular weight excluding hydrogens is 591 g/mol. The highest BCUT2D eigenvalue weighted by Crippen LogP contribution is 2.46. The molecule has 0 N–H and O–H groups in total. The van der Waals surface area contributed by atoms with Crippen molar-refractivity contribution >= 4 is 92.1 Å². The molecule has 0 aliphatic carbocycles. The van der Waals surface area contributed by atoms with E-state index in [0.29, 0.717) is 0 Å². The van der Waals surface area contributed by atoms with Gasteiger partial charge in [0, 0.05) is 53.4 Å². The Bertz CT molecular complexity index is 2810. The van der Waals surface area contributed by atoms with Crippen LogP contribution < -0.4 is 4.90 Å². The number of benzene rings is 8. The number of rotatable bonds is 4. The zero-order valence-corrected chi connectivity index (χ0v) is 26.2. The van der Waals surface area contributed by atoms with Gasteiger partial charge in [-0.2, -0.15) is 0 Å². The maximum atomic E-state index is 6.58. The number of hydrogen-bond acceptors (Lipinski definition) is 3. The first-order valence-corrected chi connectivity index (χ1v) is 16.7. The molecule has 3 heteroatoms. The van der Waals surface area contributed by atoms with E-state index < -0.39 is 0 Å². The number of nitrogens with zero attached hydrogens (tertiary/aromatic N) is 1. The fourth-order valence-electron chi connectivity index (χ4n) is 7.21. The highest BCUT2D eigenvalue weighted by molar-refractivity contribution is 7.26. The van der Waals surface area contributed by atoms with Gasteiger partial charge in [0.2, 0.25) is 0 Å². The van der Waals surface area contributed by atoms with Gasteiger partial charge in [0.05, 0.1) is 0 Å². The topological polar surface area (TPSA) is 16.4 Å². The first kappa shape index (κ1) is 26.3. The van der Waals surface area contributed by atoms with Crippen molar-refractivity contribution in [2.45, 2.75) is 0 Å². The second-order valence-corrected chi connectivity index (χ2v) is 13.2. The van der Waals surface area contributed by atoms with Crippen LogP contribution in [0.1, 0.15) is 0 Å². The fraction of sp³-hybridized carbons (Fsp3) is 0. The van der Waals surface area contributed by atoms with Crippen LogP contribution in [-0.4, -0.2) is 0 Å². The van der Waals surface area contributed by atoms with Gasteiger partial charge in [-0.1, -0.05) is 97.1 Å². The Morgan fingerprint density at radius 3 is 2.04 bits per heavy atom. The average Bonchev–Trinajstić information content (AvgIpc) is 3.70. The largest absolute Gasteiger partial charge is 0.455 e. The number of furan rings is 1. The van der Waals surface area contributed by atoms with Gasteiger partial charge in [0.15, 0.2) is 0 Å². The summed E-state index contributed by atoms with van der Waals surface area (Å²) in [7, 11) is 0. The van der Waals surface area contributed by atoms with E-state index in [-0.39, 0.29) is 0 Å². The standard InChI is InChI=1S/C44H27NOS/c1-2-13-33(14-3-1)45(34-15-8-12-31(26-34)32-18-17-28-9-4-5-11-30(28)25-32)35-20-23-40-38(27-35)43-41(47-40)24-22-39-42(43)37-21-19-29-10-6-7-16-36(29)44(37)46-39/h1-27H. The van der Waals surface area contributed by atoms with Crippen molar-refractivity contribution in [1.82, 2.24) is 0 Å². The number of hydrogen-bond donors (Lipinski definition) is 0. The van der Waals surface area contributed by atoms with Crippen LogP contribution in [0.15, 0.2) is 168 Å². The van der Waals surface area contributed by atoms with E-state index in [0.717, 1.165) is 39.0 Å². The average molecular weight is 618 g/mol. The molecule has 0 fully saturated rings. The van der Waals surface area contributed by atoms with Crippen molar-refractivity contribution in [2.75, 3.05) is 4.90 Å². The van der Waals surface area contributed by atoms with Gasteiger partial charge in [-0.25, -0.2) is 0 Å². The maximum absolute atomic E-state index is 6.58. The summed E-state index contributed by atoms with van der Waals surface area (Å²) in [5.41, 5.74) is 7.64. The molecule has 0 unspecified atom stereocenters. The molecule has 2 nitrogen and oxygen atoms in total. The first-order valence-electron chi connectivity index (χ1n) is 15.9. The molecule has 10 aromatic rings. The molecule has 2 heterocycles. The van der Waals surface area contributed by atoms with E-state index in [1.165, 1.54) is 52.8 Å². The second kappa shape index (κ2) is 10.3. The normalized spacial score (nSPS) is 11.8. The Labute approximate surface area is 275 Å². The number of fused-ring (bicyclic) bond motifs is 10. The lowest BCUT2D eigenvalue weighted by atomic mass is 10.00. The third kappa shape index (κ3) is 4.17. The van der Waals surface area contributed by atoms with Crippen LogP contribution in [0.5, 0.6) is 0 Å². The van der Waals surface area contributed by atoms with Crippen LogP contribution >= 0.6 is 11.3 Å². The molecule has 0 bridgehead atoms. The molecular formula is C44H27NOS. The third-order valence-corrected chi connectivity index (χ3v) is 10.5. The minimum absolute atomic E-state index is 0.928. The van der Waals surface area contributed by atoms with Crippen molar-refractivity contribution in [3.8, 4) is 11.1 Å². The highest BCUT2D eigenvalue weighted by atomic mass is 32.1. The molecule has 0 aliphatic heterocycles. The minimum atomic E-state index is 0.928. The van der Waals surface area contributed by atoms with Crippen LogP contribution in [0.2, 0.25) is 0 Å². The van der Waals surface area contributed by atoms with Crippen molar-refractivity contribution in [2.24, 2.45) is 0 Å². The molecule has 0 spiro atoms. The van der Waals surface area contributed by atoms with E-state index in [1.54, 1.807) is 0 Å². The summed E-state index contributed by atoms with van der Waals surface area (Å²) < 4.78 is 9.12. The molecule has 0 aliphatic rings. The molecule has 2 aromatic heterocycles. The number of para-hydroxylation sites is 1. The van der Waals surface area contributed by atoms with Crippen molar-refractivity contribution in [3.63, 3.8) is 0 Å². The lowest BCUT2D eigenvalue weighted by Gasteiger charge is -2.26. The summed E-state index contributed by atoms with van der Waals surface area (Å²) in [6, 6.07) is 59.0. The first-order chi connectivity index (χ1) is 23.3. The van der Waals surface area contributed by atoms with Crippen molar-refractivity contribution in [1.29, 1.82) is 0 Å². The summed E-state index contributed by atoms with van der Waals surface area (Å²) in [5, 5.41) is 9.70. The molecule has 0 atom stereocenters. The van der Waals surface area contributed by atoms with E-state index in [9.17, 15) is 0 Å². The van der Waals surface area contributed by atoms with Crippen LogP contribution in [-0.2, 0) is 0 Å². The number of thiophene rings is 1. The molecule has 47 heavy (non-hydrogen) atoms. The molecule has 0 saturated heterocycles. The fourth-order valence-corrected chi connectivity index (χ4v) is 8.30. The maximum Gasteiger partial charge on any atom is 0.143 e. The smallest absolute Gasteiger partial charge is 0.143 e. The van der Waals surface area contributed by atoms with E-state index in [4.69, 9.17) is 4.42 Å². The van der Waals surface area contributed by atoms with Gasteiger partial charge in [0.1, 0.15) is 11.2 Å². The zero-order valence-electron chi connectivity index (χ0n) is 25.4. The summed E-state index contributed by atoms with van der Waals surface area (Å²) in [6.45, 7) is 0. The molecule has 0 amide bonds. The predicted molar refractivity (Wildman–Crippen MR) is 202 cm³/mol.